The van der Waals surface area contributed by atoms with Gasteiger partial charge in [0.15, 0.2) is 9.90 Å². The maximum absolute atomic E-state index is 12.3. The molecule has 1 unspecified atom stereocenters. The fraction of sp³-hybridized carbons (Fsp3) is 0.667. The Morgan fingerprint density at radius 3 is 2.70 bits per heavy atom. The molecule has 2 rings (SSSR count). The van der Waals surface area contributed by atoms with Crippen LogP contribution in [0.15, 0.2) is 9.72 Å². The number of aromatic nitrogens is 1. The second kappa shape index (κ2) is 6.19. The topological polar surface area (TPSA) is 96.4 Å². The number of rotatable bonds is 5. The number of nitrogens with zero attached hydrogens (tertiary/aromatic N) is 1. The number of hydrogen-bond acceptors (Lipinski definition) is 5. The first kappa shape index (κ1) is 15.4. The molecule has 6 nitrogen and oxygen atoms in total. The van der Waals surface area contributed by atoms with E-state index < -0.39 is 21.7 Å². The molecule has 20 heavy (non-hydrogen) atoms. The van der Waals surface area contributed by atoms with Crippen LogP contribution in [0.1, 0.15) is 49.5 Å². The maximum atomic E-state index is 12.3. The second-order valence-electron chi connectivity index (χ2n) is 5.10. The molecule has 0 aromatic carbocycles. The van der Waals surface area contributed by atoms with Crippen LogP contribution in [0.25, 0.3) is 0 Å². The van der Waals surface area contributed by atoms with E-state index in [1.807, 2.05) is 6.92 Å². The number of carboxylic acids is 1. The summed E-state index contributed by atoms with van der Waals surface area (Å²) in [7, 11) is -3.82. The van der Waals surface area contributed by atoms with Crippen molar-refractivity contribution in [3.05, 3.63) is 11.2 Å². The predicted octanol–water partition coefficient (Wildman–Crippen LogP) is 2.09. The summed E-state index contributed by atoms with van der Waals surface area (Å²) >= 11 is 0.831. The molecule has 1 fully saturated rings. The molecule has 0 saturated heterocycles. The van der Waals surface area contributed by atoms with Gasteiger partial charge in [-0.3, -0.25) is 0 Å². The van der Waals surface area contributed by atoms with Crippen LogP contribution in [0.3, 0.4) is 0 Å². The van der Waals surface area contributed by atoms with Gasteiger partial charge in [-0.25, -0.2) is 22.9 Å². The smallest absolute Gasteiger partial charge is 0.356 e. The highest BCUT2D eigenvalue weighted by Gasteiger charge is 2.29. The lowest BCUT2D eigenvalue weighted by molar-refractivity contribution is 0.0687. The number of sulfonamides is 1. The summed E-state index contributed by atoms with van der Waals surface area (Å²) in [6, 6.07) is -0.191. The van der Waals surface area contributed by atoms with Crippen LogP contribution in [0.2, 0.25) is 0 Å². The Morgan fingerprint density at radius 2 is 2.10 bits per heavy atom. The summed E-state index contributed by atoms with van der Waals surface area (Å²) in [6.45, 7) is 1.84. The van der Waals surface area contributed by atoms with Crippen LogP contribution >= 0.6 is 11.3 Å². The number of carboxylic acid groups (broad SMARTS) is 1. The van der Waals surface area contributed by atoms with Gasteiger partial charge in [-0.1, -0.05) is 19.3 Å². The minimum absolute atomic E-state index is 0.191. The minimum atomic E-state index is -3.82. The van der Waals surface area contributed by atoms with E-state index in [2.05, 4.69) is 9.71 Å². The first-order valence-corrected chi connectivity index (χ1v) is 8.97. The van der Waals surface area contributed by atoms with Crippen molar-refractivity contribution in [3.8, 4) is 0 Å². The molecule has 1 atom stereocenters. The summed E-state index contributed by atoms with van der Waals surface area (Å²) < 4.78 is 26.9. The molecule has 0 radical (unpaired) electrons. The Kier molecular flexibility index (Phi) is 4.77. The molecule has 8 heteroatoms. The molecule has 1 aromatic heterocycles. The number of carbonyl (C=O) groups is 1. The van der Waals surface area contributed by atoms with Crippen LogP contribution in [-0.2, 0) is 10.0 Å². The number of thiazole rings is 1. The van der Waals surface area contributed by atoms with E-state index in [1.54, 1.807) is 0 Å². The van der Waals surface area contributed by atoms with Gasteiger partial charge >= 0.3 is 5.97 Å². The molecule has 1 aromatic rings. The quantitative estimate of drug-likeness (QED) is 0.866. The van der Waals surface area contributed by atoms with E-state index in [0.717, 1.165) is 37.0 Å². The zero-order valence-electron chi connectivity index (χ0n) is 11.2. The Balaban J connectivity index is 2.14. The lowest BCUT2D eigenvalue weighted by Crippen LogP contribution is -2.39. The average Bonchev–Trinajstić information content (AvgIpc) is 2.89. The monoisotopic (exact) mass is 318 g/mol. The zero-order valence-corrected chi connectivity index (χ0v) is 12.8. The van der Waals surface area contributed by atoms with E-state index in [-0.39, 0.29) is 10.3 Å². The highest BCUT2D eigenvalue weighted by Crippen LogP contribution is 2.28. The largest absolute Gasteiger partial charge is 0.476 e. The molecular formula is C12H18N2O4S2. The van der Waals surface area contributed by atoms with Crippen LogP contribution in [0, 0.1) is 5.92 Å². The average molecular weight is 318 g/mol. The number of hydrogen-bond donors (Lipinski definition) is 2. The summed E-state index contributed by atoms with van der Waals surface area (Å²) in [4.78, 5) is 14.6. The standard InChI is InChI=1S/C12H18N2O4S2/c1-8(9-5-3-2-4-6-9)14-20(17,18)12-10(11(15)16)13-7-19-12/h7-9,14H,2-6H2,1H3,(H,15,16). The van der Waals surface area contributed by atoms with Gasteiger partial charge in [0.25, 0.3) is 10.0 Å². The van der Waals surface area contributed by atoms with E-state index in [4.69, 9.17) is 5.11 Å². The Labute approximate surface area is 122 Å². The second-order valence-corrected chi connectivity index (χ2v) is 7.87. The van der Waals surface area contributed by atoms with Crippen molar-refractivity contribution in [1.82, 2.24) is 9.71 Å². The van der Waals surface area contributed by atoms with Crippen molar-refractivity contribution in [2.45, 2.75) is 49.3 Å². The Hall–Kier alpha value is -0.990. The van der Waals surface area contributed by atoms with E-state index >= 15 is 0 Å². The van der Waals surface area contributed by atoms with Crippen molar-refractivity contribution in [1.29, 1.82) is 0 Å². The number of nitrogens with one attached hydrogen (secondary N) is 1. The van der Waals surface area contributed by atoms with Gasteiger partial charge in [0.05, 0.1) is 5.51 Å². The highest BCUT2D eigenvalue weighted by molar-refractivity contribution is 7.91. The summed E-state index contributed by atoms with van der Waals surface area (Å²) in [6.07, 6.45) is 5.47. The summed E-state index contributed by atoms with van der Waals surface area (Å²) in [5.74, 6) is -1.00. The van der Waals surface area contributed by atoms with E-state index in [9.17, 15) is 13.2 Å². The van der Waals surface area contributed by atoms with Crippen molar-refractivity contribution in [2.75, 3.05) is 0 Å². The van der Waals surface area contributed by atoms with Gasteiger partial charge in [-0.15, -0.1) is 11.3 Å². The third-order valence-corrected chi connectivity index (χ3v) is 6.61. The highest BCUT2D eigenvalue weighted by atomic mass is 32.2. The van der Waals surface area contributed by atoms with Crippen LogP contribution in [0.5, 0.6) is 0 Å². The molecule has 0 amide bonds. The molecule has 0 bridgehead atoms. The maximum Gasteiger partial charge on any atom is 0.356 e. The zero-order chi connectivity index (χ0) is 14.8. The van der Waals surface area contributed by atoms with Crippen molar-refractivity contribution >= 4 is 27.3 Å². The predicted molar refractivity (Wildman–Crippen MR) is 75.4 cm³/mol. The van der Waals surface area contributed by atoms with Crippen LogP contribution in [0.4, 0.5) is 0 Å². The molecular weight excluding hydrogens is 300 g/mol. The summed E-state index contributed by atoms with van der Waals surface area (Å²) in [5.41, 5.74) is 0.835. The van der Waals surface area contributed by atoms with E-state index in [0.29, 0.717) is 5.92 Å². The SMILES string of the molecule is CC(NS(=O)(=O)c1scnc1C(=O)O)C1CCCCC1. The lowest BCUT2D eigenvalue weighted by atomic mass is 9.85. The van der Waals surface area contributed by atoms with Gasteiger partial charge in [0, 0.05) is 6.04 Å². The molecule has 1 aliphatic carbocycles. The van der Waals surface area contributed by atoms with Crippen LogP contribution < -0.4 is 4.72 Å². The van der Waals surface area contributed by atoms with Gasteiger partial charge in [-0.2, -0.15) is 0 Å². The van der Waals surface area contributed by atoms with E-state index in [1.165, 1.54) is 11.9 Å². The molecule has 2 N–H and O–H groups in total. The molecule has 1 heterocycles. The van der Waals surface area contributed by atoms with Crippen molar-refractivity contribution in [3.63, 3.8) is 0 Å². The minimum Gasteiger partial charge on any atom is -0.476 e. The van der Waals surface area contributed by atoms with Gasteiger partial charge < -0.3 is 5.11 Å². The fourth-order valence-electron chi connectivity index (χ4n) is 2.60. The molecule has 0 spiro atoms. The van der Waals surface area contributed by atoms with Crippen molar-refractivity contribution < 1.29 is 18.3 Å². The third kappa shape index (κ3) is 3.36. The van der Waals surface area contributed by atoms with Gasteiger partial charge in [-0.05, 0) is 25.7 Å². The normalized spacial score (nSPS) is 18.9. The lowest BCUT2D eigenvalue weighted by Gasteiger charge is -2.27. The number of aromatic carboxylic acids is 1. The summed E-state index contributed by atoms with van der Waals surface area (Å²) in [5, 5.41) is 8.95. The fourth-order valence-corrected chi connectivity index (χ4v) is 5.07. The first-order chi connectivity index (χ1) is 9.42. The molecule has 1 aliphatic rings. The van der Waals surface area contributed by atoms with Gasteiger partial charge in [0.2, 0.25) is 0 Å². The van der Waals surface area contributed by atoms with Gasteiger partial charge in [0.1, 0.15) is 0 Å². The molecule has 1 saturated carbocycles. The van der Waals surface area contributed by atoms with Crippen LogP contribution in [-0.4, -0.2) is 30.5 Å². The van der Waals surface area contributed by atoms with Crippen molar-refractivity contribution in [2.24, 2.45) is 5.92 Å². The Bertz CT molecular complexity index is 576. The Morgan fingerprint density at radius 1 is 1.45 bits per heavy atom. The first-order valence-electron chi connectivity index (χ1n) is 6.61. The molecule has 0 aliphatic heterocycles. The third-order valence-electron chi connectivity index (χ3n) is 3.68. The molecule has 112 valence electrons.